The maximum atomic E-state index is 15.0. The molecule has 3 atom stereocenters. The summed E-state index contributed by atoms with van der Waals surface area (Å²) in [5.74, 6) is -1.06. The van der Waals surface area contributed by atoms with Crippen LogP contribution in [0, 0.1) is 17.6 Å². The van der Waals surface area contributed by atoms with Gasteiger partial charge >= 0.3 is 0 Å². The number of nitrogens with two attached hydrogens (primary N) is 1. The van der Waals surface area contributed by atoms with Crippen LogP contribution in [0.25, 0.3) is 11.3 Å². The third-order valence-corrected chi connectivity index (χ3v) is 6.81. The molecule has 3 N–H and O–H groups in total. The fourth-order valence-electron chi connectivity index (χ4n) is 4.96. The Bertz CT molecular complexity index is 1330. The number of rotatable bonds is 8. The van der Waals surface area contributed by atoms with E-state index in [0.717, 1.165) is 35.7 Å². The first kappa shape index (κ1) is 29.7. The van der Waals surface area contributed by atoms with E-state index in [4.69, 9.17) is 5.73 Å². The Balaban J connectivity index is 0.000000631. The highest BCUT2D eigenvalue weighted by molar-refractivity contribution is 5.76. The number of Topliss-reactive ketones (excluding diaryl/α,β-unsaturated/α-hetero) is 1. The summed E-state index contributed by atoms with van der Waals surface area (Å²) >= 11 is 0. The summed E-state index contributed by atoms with van der Waals surface area (Å²) in [5, 5.41) is 3.18. The van der Waals surface area contributed by atoms with Crippen molar-refractivity contribution in [2.24, 2.45) is 11.7 Å². The van der Waals surface area contributed by atoms with Gasteiger partial charge in [0.15, 0.2) is 12.1 Å². The minimum absolute atomic E-state index is 0.0329. The Morgan fingerprint density at radius 2 is 1.97 bits per heavy atom. The van der Waals surface area contributed by atoms with Crippen molar-refractivity contribution in [3.63, 3.8) is 0 Å². The maximum Gasteiger partial charge on any atom is 0.168 e. The Morgan fingerprint density at radius 3 is 2.62 bits per heavy atom. The molecule has 0 saturated heterocycles. The van der Waals surface area contributed by atoms with Gasteiger partial charge < -0.3 is 15.8 Å². The van der Waals surface area contributed by atoms with E-state index in [1.807, 2.05) is 13.1 Å². The molecule has 7 nitrogen and oxygen atoms in total. The number of ether oxygens (including phenoxy) is 1. The first-order valence-electron chi connectivity index (χ1n) is 12.6. The van der Waals surface area contributed by atoms with Gasteiger partial charge in [-0.2, -0.15) is 0 Å². The minimum atomic E-state index is -0.681. The highest BCUT2D eigenvalue weighted by Gasteiger charge is 2.33. The number of ketones is 1. The molecule has 0 radical (unpaired) electrons. The predicted octanol–water partition coefficient (Wildman–Crippen LogP) is 5.12. The third-order valence-electron chi connectivity index (χ3n) is 6.81. The quantitative estimate of drug-likeness (QED) is 0.304. The van der Waals surface area contributed by atoms with Crippen LogP contribution < -0.4 is 11.1 Å². The second-order valence-corrected chi connectivity index (χ2v) is 9.56. The number of hydrogen-bond donors (Lipinski definition) is 2. The maximum absolute atomic E-state index is 15.0. The molecule has 0 bridgehead atoms. The van der Waals surface area contributed by atoms with Gasteiger partial charge in [-0.3, -0.25) is 14.6 Å². The summed E-state index contributed by atoms with van der Waals surface area (Å²) in [6.07, 6.45) is 6.03. The Hall–Kier alpha value is -3.82. The standard InChI is InChI=1S/C26H26F2N4O.C4H8O2/c1-15-17(11-18(12-23(15)29)20-8-9-31-13-24(20)30-2)10-16-4-3-5-21(27)25(16)26-22(28)7-6-19(14-33)32-26;1-4(5)3-6-2/h3-9,13-14,17-18,23,30H,1,10-12,29H2,2H3;3H2,1-2H3. The number of carbonyl (C=O) groups excluding carboxylic acids is 2. The summed E-state index contributed by atoms with van der Waals surface area (Å²) in [7, 11) is 3.36. The third kappa shape index (κ3) is 7.40. The van der Waals surface area contributed by atoms with Crippen LogP contribution in [0.1, 0.15) is 47.3 Å². The van der Waals surface area contributed by atoms with Crippen molar-refractivity contribution in [2.45, 2.75) is 38.1 Å². The van der Waals surface area contributed by atoms with Gasteiger partial charge in [-0.15, -0.1) is 0 Å². The van der Waals surface area contributed by atoms with Crippen molar-refractivity contribution in [3.8, 4) is 11.3 Å². The van der Waals surface area contributed by atoms with Crippen LogP contribution in [0.4, 0.5) is 14.5 Å². The van der Waals surface area contributed by atoms with Crippen LogP contribution >= 0.6 is 0 Å². The van der Waals surface area contributed by atoms with E-state index in [1.54, 1.807) is 24.5 Å². The molecule has 3 unspecified atom stereocenters. The lowest BCUT2D eigenvalue weighted by atomic mass is 9.71. The first-order valence-corrected chi connectivity index (χ1v) is 12.6. The lowest BCUT2D eigenvalue weighted by Gasteiger charge is -2.36. The fourth-order valence-corrected chi connectivity index (χ4v) is 4.96. The van der Waals surface area contributed by atoms with Crippen molar-refractivity contribution >= 4 is 17.8 Å². The van der Waals surface area contributed by atoms with E-state index in [-0.39, 0.29) is 47.2 Å². The number of aromatic nitrogens is 2. The van der Waals surface area contributed by atoms with Gasteiger partial charge in [0, 0.05) is 32.0 Å². The van der Waals surface area contributed by atoms with Crippen LogP contribution in [-0.4, -0.2) is 48.8 Å². The van der Waals surface area contributed by atoms with Gasteiger partial charge in [-0.05, 0) is 73.4 Å². The van der Waals surface area contributed by atoms with E-state index in [0.29, 0.717) is 18.3 Å². The average molecular weight is 537 g/mol. The van der Waals surface area contributed by atoms with Gasteiger partial charge in [0.2, 0.25) is 0 Å². The predicted molar refractivity (Wildman–Crippen MR) is 148 cm³/mol. The van der Waals surface area contributed by atoms with Gasteiger partial charge in [0.05, 0.1) is 11.9 Å². The van der Waals surface area contributed by atoms with Crippen LogP contribution in [0.15, 0.2) is 60.9 Å². The molecule has 1 aromatic carbocycles. The Morgan fingerprint density at radius 1 is 1.21 bits per heavy atom. The number of halogens is 2. The molecule has 1 saturated carbocycles. The number of nitrogens with zero attached hydrogens (tertiary/aromatic N) is 2. The first-order chi connectivity index (χ1) is 18.7. The highest BCUT2D eigenvalue weighted by Crippen LogP contribution is 2.42. The topological polar surface area (TPSA) is 107 Å². The van der Waals surface area contributed by atoms with Crippen LogP contribution in [0.3, 0.4) is 0 Å². The zero-order valence-electron chi connectivity index (χ0n) is 22.4. The average Bonchev–Trinajstić information content (AvgIpc) is 2.92. The van der Waals surface area contributed by atoms with E-state index in [9.17, 15) is 18.4 Å². The zero-order valence-corrected chi connectivity index (χ0v) is 22.4. The number of pyridine rings is 2. The van der Waals surface area contributed by atoms with E-state index >= 15 is 0 Å². The normalized spacial score (nSPS) is 18.6. The highest BCUT2D eigenvalue weighted by atomic mass is 19.1. The van der Waals surface area contributed by atoms with Gasteiger partial charge in [0.25, 0.3) is 0 Å². The number of benzene rings is 1. The molecular formula is C30H34F2N4O3. The fraction of sp³-hybridized carbons (Fsp3) is 0.333. The largest absolute Gasteiger partial charge is 0.387 e. The second-order valence-electron chi connectivity index (χ2n) is 9.56. The van der Waals surface area contributed by atoms with Crippen molar-refractivity contribution in [2.75, 3.05) is 26.1 Å². The van der Waals surface area contributed by atoms with Crippen molar-refractivity contribution in [3.05, 3.63) is 89.4 Å². The zero-order chi connectivity index (χ0) is 28.5. The van der Waals surface area contributed by atoms with Crippen molar-refractivity contribution < 1.29 is 23.1 Å². The molecule has 2 heterocycles. The molecule has 0 amide bonds. The number of aldehydes is 1. The molecule has 9 heteroatoms. The van der Waals surface area contributed by atoms with E-state index in [2.05, 4.69) is 26.6 Å². The smallest absolute Gasteiger partial charge is 0.168 e. The molecule has 0 aliphatic heterocycles. The molecule has 1 fully saturated rings. The van der Waals surface area contributed by atoms with E-state index < -0.39 is 11.6 Å². The van der Waals surface area contributed by atoms with Crippen LogP contribution in [-0.2, 0) is 16.0 Å². The lowest BCUT2D eigenvalue weighted by Crippen LogP contribution is -2.35. The van der Waals surface area contributed by atoms with Crippen LogP contribution in [0.5, 0.6) is 0 Å². The number of hydrogen-bond acceptors (Lipinski definition) is 7. The molecule has 39 heavy (non-hydrogen) atoms. The molecule has 4 rings (SSSR count). The number of carbonyl (C=O) groups is 2. The van der Waals surface area contributed by atoms with E-state index in [1.165, 1.54) is 26.2 Å². The Kier molecular flexibility index (Phi) is 10.5. The molecule has 3 aromatic rings. The molecule has 1 aliphatic carbocycles. The number of nitrogens with one attached hydrogen (secondary N) is 1. The summed E-state index contributed by atoms with van der Waals surface area (Å²) in [5.41, 5.74) is 9.99. The lowest BCUT2D eigenvalue weighted by molar-refractivity contribution is -0.120. The van der Waals surface area contributed by atoms with Gasteiger partial charge in [-0.1, -0.05) is 24.3 Å². The summed E-state index contributed by atoms with van der Waals surface area (Å²) in [6, 6.07) is 8.82. The molecule has 206 valence electrons. The summed E-state index contributed by atoms with van der Waals surface area (Å²) in [4.78, 5) is 29.3. The molecular weight excluding hydrogens is 502 g/mol. The molecule has 1 aliphatic rings. The minimum Gasteiger partial charge on any atom is -0.387 e. The van der Waals surface area contributed by atoms with Crippen molar-refractivity contribution in [1.82, 2.24) is 9.97 Å². The Labute approximate surface area is 227 Å². The monoisotopic (exact) mass is 536 g/mol. The van der Waals surface area contributed by atoms with Gasteiger partial charge in [0.1, 0.15) is 29.6 Å². The summed E-state index contributed by atoms with van der Waals surface area (Å²) < 4.78 is 34.1. The number of methoxy groups -OCH3 is 1. The van der Waals surface area contributed by atoms with Gasteiger partial charge in [-0.25, -0.2) is 13.8 Å². The van der Waals surface area contributed by atoms with Crippen LogP contribution in [0.2, 0.25) is 0 Å². The molecule has 2 aromatic heterocycles. The number of anilines is 1. The SMILES string of the molecule is C=C1C(N)CC(c2ccncc2NC)CC1Cc1cccc(F)c1-c1nc(C=O)ccc1F.COCC(C)=O. The summed E-state index contributed by atoms with van der Waals surface area (Å²) in [6.45, 7) is 5.96. The second kappa shape index (κ2) is 13.8. The van der Waals surface area contributed by atoms with Crippen molar-refractivity contribution in [1.29, 1.82) is 0 Å². The molecule has 0 spiro atoms.